The van der Waals surface area contributed by atoms with Gasteiger partial charge in [-0.05, 0) is 37.6 Å². The van der Waals surface area contributed by atoms with Gasteiger partial charge in [0.15, 0.2) is 0 Å². The summed E-state index contributed by atoms with van der Waals surface area (Å²) < 4.78 is 18.6. The Hall–Kier alpha value is -2.17. The fourth-order valence-corrected chi connectivity index (χ4v) is 1.59. The van der Waals surface area contributed by atoms with Gasteiger partial charge in [0, 0.05) is 18.9 Å². The Labute approximate surface area is 111 Å². The lowest BCUT2D eigenvalue weighted by Gasteiger charge is -2.14. The van der Waals surface area contributed by atoms with Crippen molar-refractivity contribution in [1.82, 2.24) is 9.97 Å². The van der Waals surface area contributed by atoms with Gasteiger partial charge >= 0.3 is 0 Å². The Balaban J connectivity index is 2.07. The van der Waals surface area contributed by atoms with Crippen molar-refractivity contribution in [2.45, 2.75) is 26.5 Å². The quantitative estimate of drug-likeness (QED) is 0.898. The van der Waals surface area contributed by atoms with E-state index in [1.807, 2.05) is 26.0 Å². The highest BCUT2D eigenvalue weighted by Gasteiger charge is 2.06. The molecule has 0 bridgehead atoms. The molecule has 0 aliphatic heterocycles. The summed E-state index contributed by atoms with van der Waals surface area (Å²) in [5, 5.41) is 3.17. The summed E-state index contributed by atoms with van der Waals surface area (Å²) >= 11 is 0. The lowest BCUT2D eigenvalue weighted by atomic mass is 10.2. The number of hydrogen-bond acceptors (Lipinski definition) is 4. The number of pyridine rings is 2. The van der Waals surface area contributed by atoms with Crippen molar-refractivity contribution in [1.29, 1.82) is 0 Å². The van der Waals surface area contributed by atoms with Crippen LogP contribution in [0.3, 0.4) is 0 Å². The minimum Gasteiger partial charge on any atom is -0.473 e. The third-order valence-corrected chi connectivity index (χ3v) is 2.36. The van der Waals surface area contributed by atoms with Crippen LogP contribution in [-0.4, -0.2) is 16.1 Å². The summed E-state index contributed by atoms with van der Waals surface area (Å²) in [6, 6.07) is 5.14. The lowest BCUT2D eigenvalue weighted by Crippen LogP contribution is -2.10. The molecule has 2 aromatic heterocycles. The van der Waals surface area contributed by atoms with Gasteiger partial charge < -0.3 is 10.1 Å². The molecule has 2 rings (SSSR count). The molecule has 0 aliphatic carbocycles. The molecule has 5 heteroatoms. The van der Waals surface area contributed by atoms with Crippen LogP contribution < -0.4 is 10.1 Å². The van der Waals surface area contributed by atoms with Gasteiger partial charge in [0.1, 0.15) is 5.82 Å². The number of aromatic nitrogens is 2. The van der Waals surface area contributed by atoms with E-state index in [4.69, 9.17) is 4.74 Å². The van der Waals surface area contributed by atoms with Crippen molar-refractivity contribution in [3.05, 3.63) is 48.2 Å². The molecule has 0 aromatic carbocycles. The van der Waals surface area contributed by atoms with E-state index < -0.39 is 0 Å². The first-order chi connectivity index (χ1) is 9.15. The fraction of sp³-hybridized carbons (Fsp3) is 0.286. The van der Waals surface area contributed by atoms with E-state index in [9.17, 15) is 4.39 Å². The largest absolute Gasteiger partial charge is 0.473 e. The second kappa shape index (κ2) is 6.13. The molecule has 0 fully saturated rings. The molecule has 100 valence electrons. The zero-order valence-corrected chi connectivity index (χ0v) is 10.9. The third-order valence-electron chi connectivity index (χ3n) is 2.36. The highest BCUT2D eigenvalue weighted by atomic mass is 19.1. The second-order valence-electron chi connectivity index (χ2n) is 4.39. The first-order valence-electron chi connectivity index (χ1n) is 6.10. The number of hydrogen-bond donors (Lipinski definition) is 1. The van der Waals surface area contributed by atoms with Crippen molar-refractivity contribution in [2.24, 2.45) is 0 Å². The van der Waals surface area contributed by atoms with E-state index in [1.54, 1.807) is 12.4 Å². The number of nitrogens with zero attached hydrogens (tertiary/aromatic N) is 2. The van der Waals surface area contributed by atoms with Gasteiger partial charge in [-0.15, -0.1) is 0 Å². The van der Waals surface area contributed by atoms with Crippen LogP contribution in [0.25, 0.3) is 0 Å². The van der Waals surface area contributed by atoms with Gasteiger partial charge in [-0.1, -0.05) is 0 Å². The van der Waals surface area contributed by atoms with Crippen molar-refractivity contribution < 1.29 is 9.13 Å². The summed E-state index contributed by atoms with van der Waals surface area (Å²) in [5.41, 5.74) is 1.54. The van der Waals surface area contributed by atoms with Crippen LogP contribution in [0.2, 0.25) is 0 Å². The van der Waals surface area contributed by atoms with Gasteiger partial charge in [-0.3, -0.25) is 4.98 Å². The molecule has 0 radical (unpaired) electrons. The molecule has 0 saturated heterocycles. The molecule has 0 amide bonds. The van der Waals surface area contributed by atoms with E-state index in [0.29, 0.717) is 12.4 Å². The van der Waals surface area contributed by atoms with Crippen LogP contribution in [-0.2, 0) is 6.54 Å². The Bertz CT molecular complexity index is 546. The molecule has 0 spiro atoms. The molecule has 0 atom stereocenters. The highest BCUT2D eigenvalue weighted by Crippen LogP contribution is 2.22. The van der Waals surface area contributed by atoms with Crippen LogP contribution in [0.4, 0.5) is 10.1 Å². The van der Waals surface area contributed by atoms with E-state index in [0.717, 1.165) is 11.3 Å². The van der Waals surface area contributed by atoms with Crippen molar-refractivity contribution in [3.8, 4) is 5.88 Å². The molecule has 0 unspecified atom stereocenters. The monoisotopic (exact) mass is 261 g/mol. The smallest absolute Gasteiger partial charge is 0.237 e. The predicted octanol–water partition coefficient (Wildman–Crippen LogP) is 3.02. The van der Waals surface area contributed by atoms with Crippen LogP contribution in [0, 0.1) is 5.82 Å². The molecule has 2 heterocycles. The maximum atomic E-state index is 13.0. The molecule has 1 N–H and O–H groups in total. The van der Waals surface area contributed by atoms with Gasteiger partial charge in [0.05, 0.1) is 18.0 Å². The van der Waals surface area contributed by atoms with Gasteiger partial charge in [-0.25, -0.2) is 9.37 Å². The van der Waals surface area contributed by atoms with E-state index >= 15 is 0 Å². The second-order valence-corrected chi connectivity index (χ2v) is 4.39. The average Bonchev–Trinajstić information content (AvgIpc) is 2.37. The maximum Gasteiger partial charge on any atom is 0.237 e. The fourth-order valence-electron chi connectivity index (χ4n) is 1.59. The minimum atomic E-state index is -0.343. The third kappa shape index (κ3) is 3.91. The Morgan fingerprint density at radius 3 is 2.95 bits per heavy atom. The molecular formula is C14H16FN3O. The van der Waals surface area contributed by atoms with Crippen molar-refractivity contribution in [2.75, 3.05) is 5.32 Å². The maximum absolute atomic E-state index is 13.0. The van der Waals surface area contributed by atoms with Crippen LogP contribution >= 0.6 is 0 Å². The van der Waals surface area contributed by atoms with Crippen molar-refractivity contribution >= 4 is 5.69 Å². The topological polar surface area (TPSA) is 47.0 Å². The SMILES string of the molecule is CC(C)Oc1ncccc1NCc1cncc(F)c1. The summed E-state index contributed by atoms with van der Waals surface area (Å²) in [6.07, 6.45) is 4.52. The normalized spacial score (nSPS) is 10.5. The molecule has 19 heavy (non-hydrogen) atoms. The zero-order chi connectivity index (χ0) is 13.7. The van der Waals surface area contributed by atoms with Crippen LogP contribution in [0.15, 0.2) is 36.8 Å². The van der Waals surface area contributed by atoms with Gasteiger partial charge in [-0.2, -0.15) is 0 Å². The summed E-state index contributed by atoms with van der Waals surface area (Å²) in [6.45, 7) is 4.34. The minimum absolute atomic E-state index is 0.0475. The number of ether oxygens (including phenoxy) is 1. The van der Waals surface area contributed by atoms with Crippen LogP contribution in [0.5, 0.6) is 5.88 Å². The molecule has 4 nitrogen and oxygen atoms in total. The highest BCUT2D eigenvalue weighted by molar-refractivity contribution is 5.52. The zero-order valence-electron chi connectivity index (χ0n) is 10.9. The molecule has 0 saturated carbocycles. The number of anilines is 1. The average molecular weight is 261 g/mol. The molecule has 0 aliphatic rings. The number of rotatable bonds is 5. The first-order valence-corrected chi connectivity index (χ1v) is 6.10. The van der Waals surface area contributed by atoms with Crippen molar-refractivity contribution in [3.63, 3.8) is 0 Å². The molecule has 2 aromatic rings. The van der Waals surface area contributed by atoms with Crippen LogP contribution in [0.1, 0.15) is 19.4 Å². The molecular weight excluding hydrogens is 245 g/mol. The van der Waals surface area contributed by atoms with E-state index in [2.05, 4.69) is 15.3 Å². The number of halogens is 1. The summed E-state index contributed by atoms with van der Waals surface area (Å²) in [5.74, 6) is 0.200. The standard InChI is InChI=1S/C14H16FN3O/c1-10(2)19-14-13(4-3-5-17-14)18-8-11-6-12(15)9-16-7-11/h3-7,9-10,18H,8H2,1-2H3. The van der Waals surface area contributed by atoms with E-state index in [1.165, 1.54) is 12.3 Å². The summed E-state index contributed by atoms with van der Waals surface area (Å²) in [4.78, 5) is 7.98. The van der Waals surface area contributed by atoms with Gasteiger partial charge in [0.25, 0.3) is 0 Å². The van der Waals surface area contributed by atoms with E-state index in [-0.39, 0.29) is 11.9 Å². The summed E-state index contributed by atoms with van der Waals surface area (Å²) in [7, 11) is 0. The predicted molar refractivity (Wildman–Crippen MR) is 71.5 cm³/mol. The first kappa shape index (κ1) is 13.3. The Kier molecular flexibility index (Phi) is 4.28. The lowest BCUT2D eigenvalue weighted by molar-refractivity contribution is 0.234. The van der Waals surface area contributed by atoms with Gasteiger partial charge in [0.2, 0.25) is 5.88 Å². The number of nitrogens with one attached hydrogen (secondary N) is 1. The Morgan fingerprint density at radius 1 is 1.37 bits per heavy atom. The Morgan fingerprint density at radius 2 is 2.21 bits per heavy atom.